The third-order valence-corrected chi connectivity index (χ3v) is 4.16. The summed E-state index contributed by atoms with van der Waals surface area (Å²) in [4.78, 5) is 22.1. The minimum atomic E-state index is -0.708. The molecule has 2 fully saturated rings. The van der Waals surface area contributed by atoms with Crippen LogP contribution in [0.2, 0.25) is 0 Å². The maximum atomic E-state index is 9.92. The highest BCUT2D eigenvalue weighted by Gasteiger charge is 2.36. The third-order valence-electron chi connectivity index (χ3n) is 4.16. The van der Waals surface area contributed by atoms with E-state index in [2.05, 4.69) is 25.8 Å². The predicted octanol–water partition coefficient (Wildman–Crippen LogP) is 0.419. The van der Waals surface area contributed by atoms with Crippen molar-refractivity contribution < 1.29 is 34.0 Å². The lowest BCUT2D eigenvalue weighted by Gasteiger charge is -2.32. The molecule has 0 aliphatic carbocycles. The summed E-state index contributed by atoms with van der Waals surface area (Å²) in [5.41, 5.74) is 0. The van der Waals surface area contributed by atoms with Crippen LogP contribution in [0.5, 0.6) is 0 Å². The van der Waals surface area contributed by atoms with Gasteiger partial charge < -0.3 is 38.9 Å². The minimum absolute atomic E-state index is 0.227. The zero-order valence-electron chi connectivity index (χ0n) is 17.6. The first-order valence-corrected chi connectivity index (χ1v) is 9.43. The molecule has 2 rings (SSSR count). The molecule has 0 saturated carbocycles. The van der Waals surface area contributed by atoms with Crippen molar-refractivity contribution in [3.63, 3.8) is 0 Å². The van der Waals surface area contributed by atoms with Crippen LogP contribution in [0.25, 0.3) is 0 Å². The molecule has 0 bridgehead atoms. The summed E-state index contributed by atoms with van der Waals surface area (Å²) in [6.07, 6.45) is -0.696. The topological polar surface area (TPSA) is 106 Å². The van der Waals surface area contributed by atoms with Gasteiger partial charge in [0.1, 0.15) is 37.0 Å². The lowest BCUT2D eigenvalue weighted by Crippen LogP contribution is -2.42. The highest BCUT2D eigenvalue weighted by molar-refractivity contribution is 5.58. The van der Waals surface area contributed by atoms with Gasteiger partial charge in [0.2, 0.25) is 0 Å². The predicted molar refractivity (Wildman–Crippen MR) is 102 cm³/mol. The fraction of sp³-hybridized carbons (Fsp3) is 0.895. The first-order chi connectivity index (χ1) is 12.5. The van der Waals surface area contributed by atoms with Gasteiger partial charge in [-0.1, -0.05) is 0 Å². The van der Waals surface area contributed by atoms with Crippen LogP contribution in [0.4, 0.5) is 0 Å². The van der Waals surface area contributed by atoms with Gasteiger partial charge in [0.25, 0.3) is 0 Å². The number of nitrogens with zero attached hydrogens (tertiary/aromatic N) is 1. The Morgan fingerprint density at radius 2 is 1.26 bits per heavy atom. The number of hydrogen-bond donors (Lipinski definition) is 2. The van der Waals surface area contributed by atoms with Crippen LogP contribution in [-0.2, 0) is 23.8 Å². The lowest BCUT2D eigenvalue weighted by molar-refractivity contribution is -0.127. The van der Waals surface area contributed by atoms with Crippen molar-refractivity contribution in [2.45, 2.75) is 90.4 Å². The van der Waals surface area contributed by atoms with E-state index in [0.29, 0.717) is 24.8 Å². The molecule has 0 spiro atoms. The molecule has 2 saturated heterocycles. The molecular formula is C19H37NO7. The van der Waals surface area contributed by atoms with E-state index in [-0.39, 0.29) is 12.2 Å². The number of likely N-dealkylation sites (N-methyl/N-ethyl adjacent to an activating group) is 1. The fourth-order valence-corrected chi connectivity index (χ4v) is 2.89. The summed E-state index contributed by atoms with van der Waals surface area (Å²) >= 11 is 0. The SMILES string of the molecule is CC(C=O)OC(C)C=O.CC1CN(C)CC(C)O1.CC1OC(C)C(O)C1O. The molecule has 8 heteroatoms. The quantitative estimate of drug-likeness (QED) is 0.664. The highest BCUT2D eigenvalue weighted by Crippen LogP contribution is 2.19. The Morgan fingerprint density at radius 3 is 1.48 bits per heavy atom. The minimum Gasteiger partial charge on any atom is -0.388 e. The second-order valence-corrected chi connectivity index (χ2v) is 7.32. The Balaban J connectivity index is 0.000000376. The first-order valence-electron chi connectivity index (χ1n) is 9.43. The normalized spacial score (nSPS) is 35.7. The van der Waals surface area contributed by atoms with Crippen molar-refractivity contribution in [2.24, 2.45) is 0 Å². The van der Waals surface area contributed by atoms with Crippen molar-refractivity contribution in [3.05, 3.63) is 0 Å². The van der Waals surface area contributed by atoms with E-state index in [1.54, 1.807) is 27.7 Å². The van der Waals surface area contributed by atoms with E-state index < -0.39 is 24.4 Å². The molecule has 0 aromatic rings. The van der Waals surface area contributed by atoms with Crippen molar-refractivity contribution >= 4 is 12.6 Å². The summed E-state index contributed by atoms with van der Waals surface area (Å²) in [7, 11) is 2.13. The average Bonchev–Trinajstić information content (AvgIpc) is 2.80. The molecule has 0 amide bonds. The number of ether oxygens (including phenoxy) is 3. The summed E-state index contributed by atoms with van der Waals surface area (Å²) in [5.74, 6) is 0. The molecule has 8 nitrogen and oxygen atoms in total. The van der Waals surface area contributed by atoms with Gasteiger partial charge in [0, 0.05) is 13.1 Å². The Kier molecular flexibility index (Phi) is 12.9. The largest absolute Gasteiger partial charge is 0.388 e. The Morgan fingerprint density at radius 1 is 0.889 bits per heavy atom. The number of aliphatic hydroxyl groups excluding tert-OH is 2. The number of rotatable bonds is 4. The van der Waals surface area contributed by atoms with Crippen LogP contribution in [0.15, 0.2) is 0 Å². The maximum absolute atomic E-state index is 9.92. The molecule has 160 valence electrons. The van der Waals surface area contributed by atoms with Gasteiger partial charge in [0.05, 0.1) is 24.4 Å². The molecule has 2 heterocycles. The van der Waals surface area contributed by atoms with E-state index >= 15 is 0 Å². The maximum Gasteiger partial charge on any atom is 0.148 e. The van der Waals surface area contributed by atoms with Gasteiger partial charge in [-0.2, -0.15) is 0 Å². The smallest absolute Gasteiger partial charge is 0.148 e. The van der Waals surface area contributed by atoms with Gasteiger partial charge in [-0.3, -0.25) is 0 Å². The number of carbonyl (C=O) groups excluding carboxylic acids is 2. The van der Waals surface area contributed by atoms with Crippen LogP contribution in [0, 0.1) is 0 Å². The standard InChI is InChI=1S/C7H15NO.C6H12O3.C6H10O3/c1-6-4-8(3)5-7(2)9-6;1-3-5(7)6(8)4(2)9-3;1-5(3-7)9-6(2)4-8/h6-7H,4-5H2,1-3H3;3-8H,1-2H3;3-6H,1-2H3. The van der Waals surface area contributed by atoms with E-state index in [1.807, 2.05) is 0 Å². The van der Waals surface area contributed by atoms with E-state index in [9.17, 15) is 9.59 Å². The number of carbonyl (C=O) groups is 2. The van der Waals surface area contributed by atoms with Gasteiger partial charge in [-0.05, 0) is 48.6 Å². The molecular weight excluding hydrogens is 354 g/mol. The molecule has 0 radical (unpaired) electrons. The van der Waals surface area contributed by atoms with Crippen molar-refractivity contribution in [3.8, 4) is 0 Å². The monoisotopic (exact) mass is 391 g/mol. The van der Waals surface area contributed by atoms with E-state index in [4.69, 9.17) is 24.4 Å². The van der Waals surface area contributed by atoms with Gasteiger partial charge >= 0.3 is 0 Å². The average molecular weight is 392 g/mol. The molecule has 8 atom stereocenters. The van der Waals surface area contributed by atoms with Gasteiger partial charge in [-0.25, -0.2) is 0 Å². The van der Waals surface area contributed by atoms with E-state index in [1.165, 1.54) is 0 Å². The van der Waals surface area contributed by atoms with Gasteiger partial charge in [0.15, 0.2) is 0 Å². The van der Waals surface area contributed by atoms with Crippen LogP contribution in [-0.4, -0.2) is 96.7 Å². The fourth-order valence-electron chi connectivity index (χ4n) is 2.89. The number of hydrogen-bond acceptors (Lipinski definition) is 8. The molecule has 2 aliphatic rings. The van der Waals surface area contributed by atoms with Crippen LogP contribution in [0.3, 0.4) is 0 Å². The summed E-state index contributed by atoms with van der Waals surface area (Å²) < 4.78 is 15.4. The Hall–Kier alpha value is -0.900. The second-order valence-electron chi connectivity index (χ2n) is 7.32. The van der Waals surface area contributed by atoms with Crippen LogP contribution in [0.1, 0.15) is 41.5 Å². The summed E-state index contributed by atoms with van der Waals surface area (Å²) in [6.45, 7) is 13.1. The first kappa shape index (κ1) is 26.1. The summed E-state index contributed by atoms with van der Waals surface area (Å²) in [6, 6.07) is 0. The van der Waals surface area contributed by atoms with Crippen molar-refractivity contribution in [1.29, 1.82) is 0 Å². The molecule has 0 aromatic carbocycles. The zero-order valence-corrected chi connectivity index (χ0v) is 17.6. The highest BCUT2D eigenvalue weighted by atomic mass is 16.5. The molecule has 27 heavy (non-hydrogen) atoms. The van der Waals surface area contributed by atoms with Crippen molar-refractivity contribution in [2.75, 3.05) is 20.1 Å². The van der Waals surface area contributed by atoms with Crippen LogP contribution >= 0.6 is 0 Å². The number of morpholine rings is 1. The number of aldehydes is 2. The molecule has 2 N–H and O–H groups in total. The number of aliphatic hydroxyl groups is 2. The lowest BCUT2D eigenvalue weighted by atomic mass is 10.1. The van der Waals surface area contributed by atoms with E-state index in [0.717, 1.165) is 13.1 Å². The van der Waals surface area contributed by atoms with Gasteiger partial charge in [-0.15, -0.1) is 0 Å². The molecule has 0 aromatic heterocycles. The third kappa shape index (κ3) is 10.9. The summed E-state index contributed by atoms with van der Waals surface area (Å²) in [5, 5.41) is 18.1. The Bertz CT molecular complexity index is 374. The molecule has 2 aliphatic heterocycles. The second kappa shape index (κ2) is 13.3. The Labute approximate surface area is 162 Å². The van der Waals surface area contributed by atoms with Crippen LogP contribution < -0.4 is 0 Å². The van der Waals surface area contributed by atoms with Crippen molar-refractivity contribution in [1.82, 2.24) is 4.90 Å². The zero-order chi connectivity index (χ0) is 21.1. The molecule has 8 unspecified atom stereocenters.